The van der Waals surface area contributed by atoms with Gasteiger partial charge in [0.2, 0.25) is 0 Å². The van der Waals surface area contributed by atoms with Gasteiger partial charge in [0, 0.05) is 25.7 Å². The highest BCUT2D eigenvalue weighted by atomic mass is 31.2. The molecule has 17 nitrogen and oxygen atoms in total. The Hall–Kier alpha value is -4.80. The summed E-state index contributed by atoms with van der Waals surface area (Å²) in [7, 11) is -9.98. The molecule has 0 aliphatic heterocycles. The van der Waals surface area contributed by atoms with E-state index in [4.69, 9.17) is 37.0 Å². The molecular formula is C85H144O17P2. The van der Waals surface area contributed by atoms with Crippen molar-refractivity contribution < 1.29 is 80.2 Å². The Morgan fingerprint density at radius 1 is 0.279 bits per heavy atom. The number of esters is 4. The van der Waals surface area contributed by atoms with Crippen LogP contribution in [-0.2, 0) is 65.4 Å². The third-order valence-electron chi connectivity index (χ3n) is 16.6. The Morgan fingerprint density at radius 2 is 0.500 bits per heavy atom. The monoisotopic (exact) mass is 1500 g/mol. The van der Waals surface area contributed by atoms with Crippen molar-refractivity contribution >= 4 is 39.5 Å². The van der Waals surface area contributed by atoms with Crippen molar-refractivity contribution in [3.05, 3.63) is 134 Å². The average molecular weight is 1500 g/mol. The normalized spacial score (nSPS) is 14.6. The van der Waals surface area contributed by atoms with Crippen molar-refractivity contribution in [3.63, 3.8) is 0 Å². The van der Waals surface area contributed by atoms with Crippen LogP contribution in [0, 0.1) is 0 Å². The van der Waals surface area contributed by atoms with Crippen LogP contribution in [0.2, 0.25) is 0 Å². The lowest BCUT2D eigenvalue weighted by Gasteiger charge is -2.21. The number of carbonyl (C=O) groups is 4. The fourth-order valence-electron chi connectivity index (χ4n) is 10.5. The van der Waals surface area contributed by atoms with Crippen LogP contribution in [0.25, 0.3) is 0 Å². The van der Waals surface area contributed by atoms with E-state index < -0.39 is 97.5 Å². The predicted octanol–water partition coefficient (Wildman–Crippen LogP) is 23.7. The molecule has 0 aliphatic carbocycles. The van der Waals surface area contributed by atoms with Gasteiger partial charge in [-0.15, -0.1) is 0 Å². The maximum atomic E-state index is 13.1. The minimum Gasteiger partial charge on any atom is -0.462 e. The van der Waals surface area contributed by atoms with Gasteiger partial charge in [0.1, 0.15) is 19.3 Å². The van der Waals surface area contributed by atoms with Crippen LogP contribution >= 0.6 is 15.6 Å². The molecular weight excluding hydrogens is 1350 g/mol. The van der Waals surface area contributed by atoms with Crippen molar-refractivity contribution in [2.75, 3.05) is 39.6 Å². The first-order valence-corrected chi connectivity index (χ1v) is 43.4. The summed E-state index contributed by atoms with van der Waals surface area (Å²) in [5.41, 5.74) is 0. The molecule has 596 valence electrons. The highest BCUT2D eigenvalue weighted by Crippen LogP contribution is 2.45. The molecule has 0 radical (unpaired) electrons. The number of phosphoric acid groups is 2. The van der Waals surface area contributed by atoms with Gasteiger partial charge in [-0.1, -0.05) is 271 Å². The Morgan fingerprint density at radius 3 is 0.798 bits per heavy atom. The number of aliphatic hydroxyl groups excluding tert-OH is 1. The first-order chi connectivity index (χ1) is 50.7. The zero-order valence-corrected chi connectivity index (χ0v) is 66.9. The van der Waals surface area contributed by atoms with Crippen molar-refractivity contribution in [2.24, 2.45) is 0 Å². The quantitative estimate of drug-likeness (QED) is 0.0169. The van der Waals surface area contributed by atoms with Crippen LogP contribution in [0.1, 0.15) is 323 Å². The van der Waals surface area contributed by atoms with Crippen molar-refractivity contribution in [2.45, 2.75) is 341 Å². The number of carbonyl (C=O) groups excluding carboxylic acids is 4. The van der Waals surface area contributed by atoms with Crippen LogP contribution < -0.4 is 0 Å². The highest BCUT2D eigenvalue weighted by molar-refractivity contribution is 7.47. The smallest absolute Gasteiger partial charge is 0.462 e. The fraction of sp³-hybridized carbons (Fsp3) is 0.694. The number of allylic oxidation sites excluding steroid dienone is 22. The molecule has 0 spiro atoms. The number of rotatable bonds is 75. The van der Waals surface area contributed by atoms with Crippen LogP contribution in [-0.4, -0.2) is 96.7 Å². The number of ether oxygens (including phenoxy) is 4. The Balaban J connectivity index is 5.41. The number of aliphatic hydroxyl groups is 1. The lowest BCUT2D eigenvalue weighted by molar-refractivity contribution is -0.161. The summed E-state index contributed by atoms with van der Waals surface area (Å²) in [6.45, 7) is 4.56. The summed E-state index contributed by atoms with van der Waals surface area (Å²) in [6.07, 6.45) is 85.7. The molecule has 0 fully saturated rings. The third kappa shape index (κ3) is 75.4. The minimum absolute atomic E-state index is 0.0745. The van der Waals surface area contributed by atoms with Gasteiger partial charge < -0.3 is 33.8 Å². The fourth-order valence-corrected chi connectivity index (χ4v) is 12.0. The average Bonchev–Trinajstić information content (AvgIpc) is 0.911. The lowest BCUT2D eigenvalue weighted by atomic mass is 10.1. The van der Waals surface area contributed by atoms with E-state index in [0.717, 1.165) is 180 Å². The first kappa shape index (κ1) is 99.2. The van der Waals surface area contributed by atoms with Gasteiger partial charge in [0.05, 0.1) is 26.4 Å². The third-order valence-corrected chi connectivity index (χ3v) is 18.5. The van der Waals surface area contributed by atoms with E-state index in [-0.39, 0.29) is 25.7 Å². The van der Waals surface area contributed by atoms with E-state index in [1.165, 1.54) is 64.2 Å². The summed E-state index contributed by atoms with van der Waals surface area (Å²) in [6, 6.07) is 0. The molecule has 0 saturated carbocycles. The van der Waals surface area contributed by atoms with Crippen molar-refractivity contribution in [1.29, 1.82) is 0 Å². The standard InChI is InChI=1S/C85H144O17P2/c1-5-9-13-17-21-25-29-33-36-38-39-41-44-47-50-54-58-62-66-70-83(88)96-76-81(102-85(90)72-68-64-60-56-52-48-42-35-31-27-23-19-15-11-7-3)78-100-104(93,94)98-74-79(86)73-97-103(91,92)99-77-80(101-84(89)71-67-63-59-55-51-45-32-28-24-20-16-12-8-4)75-95-82(87)69-65-61-57-53-49-46-43-40-37-34-30-26-22-18-14-10-6-2/h9-10,13-14,21-22,25-26,28,32-37,39,41-43,46-47,50,79-81,86H,5-8,11-12,15-20,23-24,27,29-31,38,40,44-45,48-49,51-78H2,1-4H3,(H,91,92)(H,93,94)/b13-9-,14-10-,25-21-,26-22-,32-28-,36-33-,37-34-,41-39-,42-35-,46-43-,50-47-. The summed E-state index contributed by atoms with van der Waals surface area (Å²) in [4.78, 5) is 73.0. The molecule has 0 rings (SSSR count). The van der Waals surface area contributed by atoms with Crippen LogP contribution in [0.3, 0.4) is 0 Å². The zero-order valence-electron chi connectivity index (χ0n) is 65.2. The van der Waals surface area contributed by atoms with Gasteiger partial charge in [0.15, 0.2) is 12.2 Å². The van der Waals surface area contributed by atoms with Gasteiger partial charge >= 0.3 is 39.5 Å². The van der Waals surface area contributed by atoms with Crippen molar-refractivity contribution in [1.82, 2.24) is 0 Å². The molecule has 0 aromatic rings. The summed E-state index contributed by atoms with van der Waals surface area (Å²) in [5.74, 6) is -2.25. The molecule has 5 unspecified atom stereocenters. The van der Waals surface area contributed by atoms with E-state index in [1.807, 2.05) is 0 Å². The number of unbranched alkanes of at least 4 members (excludes halogenated alkanes) is 27. The topological polar surface area (TPSA) is 237 Å². The SMILES string of the molecule is CC/C=C\C/C=C\C/C=C\C/C=C\C/C=C\CCCCCC(=O)OCC(COP(=O)(O)OCC(O)COP(=O)(O)OCC(COC(=O)CCCCCC/C=C\C/C=C\C/C=C\C/C=C\CC)OC(=O)CCCCCCC/C=C\CCCCCC)OC(=O)CCCCCCC/C=C\CCCCCCCC. The summed E-state index contributed by atoms with van der Waals surface area (Å²) >= 11 is 0. The van der Waals surface area contributed by atoms with Crippen LogP contribution in [0.4, 0.5) is 0 Å². The predicted molar refractivity (Wildman–Crippen MR) is 427 cm³/mol. The van der Waals surface area contributed by atoms with E-state index in [9.17, 15) is 43.2 Å². The van der Waals surface area contributed by atoms with Crippen molar-refractivity contribution in [3.8, 4) is 0 Å². The number of phosphoric ester groups is 2. The molecule has 0 aromatic heterocycles. The molecule has 19 heteroatoms. The van der Waals surface area contributed by atoms with Crippen LogP contribution in [0.5, 0.6) is 0 Å². The largest absolute Gasteiger partial charge is 0.472 e. The molecule has 0 aromatic carbocycles. The second-order valence-corrected chi connectivity index (χ2v) is 29.5. The second kappa shape index (κ2) is 76.4. The first-order valence-electron chi connectivity index (χ1n) is 40.4. The van der Waals surface area contributed by atoms with E-state index in [0.29, 0.717) is 25.7 Å². The Bertz CT molecular complexity index is 2490. The van der Waals surface area contributed by atoms with Gasteiger partial charge in [0.25, 0.3) is 0 Å². The molecule has 0 amide bonds. The highest BCUT2D eigenvalue weighted by Gasteiger charge is 2.30. The molecule has 5 atom stereocenters. The second-order valence-electron chi connectivity index (χ2n) is 26.6. The molecule has 0 bridgehead atoms. The molecule has 0 heterocycles. The Kier molecular flexibility index (Phi) is 72.9. The molecule has 104 heavy (non-hydrogen) atoms. The van der Waals surface area contributed by atoms with Gasteiger partial charge in [-0.3, -0.25) is 37.3 Å². The summed E-state index contributed by atoms with van der Waals surface area (Å²) < 4.78 is 68.6. The minimum atomic E-state index is -4.99. The molecule has 3 N–H and O–H groups in total. The summed E-state index contributed by atoms with van der Waals surface area (Å²) in [5, 5.41) is 10.6. The van der Waals surface area contributed by atoms with E-state index in [1.54, 1.807) is 0 Å². The van der Waals surface area contributed by atoms with Gasteiger partial charge in [-0.2, -0.15) is 0 Å². The number of hydrogen-bond donors (Lipinski definition) is 3. The lowest BCUT2D eigenvalue weighted by Crippen LogP contribution is -2.30. The van der Waals surface area contributed by atoms with E-state index in [2.05, 4.69) is 161 Å². The maximum absolute atomic E-state index is 13.1. The van der Waals surface area contributed by atoms with Crippen LogP contribution in [0.15, 0.2) is 134 Å². The molecule has 0 aliphatic rings. The van der Waals surface area contributed by atoms with E-state index >= 15 is 0 Å². The zero-order chi connectivity index (χ0) is 76.0. The van der Waals surface area contributed by atoms with Gasteiger partial charge in [-0.05, 0) is 161 Å². The maximum Gasteiger partial charge on any atom is 0.472 e. The Labute approximate surface area is 631 Å². The van der Waals surface area contributed by atoms with Gasteiger partial charge in [-0.25, -0.2) is 9.13 Å². The number of hydrogen-bond acceptors (Lipinski definition) is 15. The molecule has 0 saturated heterocycles.